The zero-order valence-corrected chi connectivity index (χ0v) is 9.28. The van der Waals surface area contributed by atoms with Gasteiger partial charge in [0.1, 0.15) is 0 Å². The minimum Gasteiger partial charge on any atom is -0.462 e. The topological polar surface area (TPSA) is 46.6 Å². The van der Waals surface area contributed by atoms with Crippen LogP contribution in [0.4, 0.5) is 0 Å². The van der Waals surface area contributed by atoms with Crippen molar-refractivity contribution in [3.05, 3.63) is 11.8 Å². The highest BCUT2D eigenvalue weighted by atomic mass is 16.5. The fraction of sp³-hybridized carbons (Fsp3) is 0.636. The largest absolute Gasteiger partial charge is 0.462 e. The van der Waals surface area contributed by atoms with Gasteiger partial charge in [0.2, 0.25) is 5.91 Å². The van der Waals surface area contributed by atoms with E-state index >= 15 is 0 Å². The van der Waals surface area contributed by atoms with Crippen molar-refractivity contribution in [2.45, 2.75) is 33.1 Å². The molecule has 1 rings (SSSR count). The summed E-state index contributed by atoms with van der Waals surface area (Å²) in [5.74, 6) is -0.255. The average molecular weight is 211 g/mol. The van der Waals surface area contributed by atoms with Crippen LogP contribution in [0, 0.1) is 0 Å². The van der Waals surface area contributed by atoms with Gasteiger partial charge in [0, 0.05) is 19.2 Å². The molecule has 1 saturated heterocycles. The molecule has 0 bridgehead atoms. The molecule has 0 radical (unpaired) electrons. The Morgan fingerprint density at radius 1 is 1.60 bits per heavy atom. The molecule has 0 atom stereocenters. The summed E-state index contributed by atoms with van der Waals surface area (Å²) in [7, 11) is 0. The maximum absolute atomic E-state index is 11.4. The molecule has 1 heterocycles. The third-order valence-corrected chi connectivity index (χ3v) is 2.22. The first-order valence-corrected chi connectivity index (χ1v) is 5.30. The van der Waals surface area contributed by atoms with Gasteiger partial charge in [-0.3, -0.25) is 4.79 Å². The van der Waals surface area contributed by atoms with Crippen molar-refractivity contribution in [1.29, 1.82) is 0 Å². The SMILES string of the molecule is CCCOC(=O)C(C)=CN1CCCC1=O. The molecule has 1 aliphatic heterocycles. The minimum atomic E-state index is -0.337. The van der Waals surface area contributed by atoms with Crippen LogP contribution in [0.15, 0.2) is 11.8 Å². The Kier molecular flexibility index (Phi) is 4.34. The smallest absolute Gasteiger partial charge is 0.335 e. The lowest BCUT2D eigenvalue weighted by Gasteiger charge is -2.10. The molecule has 15 heavy (non-hydrogen) atoms. The van der Waals surface area contributed by atoms with Crippen LogP contribution >= 0.6 is 0 Å². The van der Waals surface area contributed by atoms with Crippen LogP contribution in [0.1, 0.15) is 33.1 Å². The number of esters is 1. The molecule has 0 saturated carbocycles. The highest BCUT2D eigenvalue weighted by Gasteiger charge is 2.19. The second kappa shape index (κ2) is 5.53. The van der Waals surface area contributed by atoms with Crippen LogP contribution in [0.25, 0.3) is 0 Å². The van der Waals surface area contributed by atoms with Crippen LogP contribution in [-0.2, 0) is 14.3 Å². The lowest BCUT2D eigenvalue weighted by molar-refractivity contribution is -0.139. The maximum Gasteiger partial charge on any atom is 0.335 e. The first kappa shape index (κ1) is 11.8. The number of carbonyl (C=O) groups is 2. The van der Waals surface area contributed by atoms with Gasteiger partial charge in [-0.2, -0.15) is 0 Å². The predicted octanol–water partition coefficient (Wildman–Crippen LogP) is 1.47. The number of amides is 1. The first-order chi connectivity index (χ1) is 7.15. The third-order valence-electron chi connectivity index (χ3n) is 2.22. The summed E-state index contributed by atoms with van der Waals surface area (Å²) in [4.78, 5) is 24.2. The van der Waals surface area contributed by atoms with Crippen LogP contribution in [0.5, 0.6) is 0 Å². The highest BCUT2D eigenvalue weighted by molar-refractivity contribution is 5.89. The maximum atomic E-state index is 11.4. The van der Waals surface area contributed by atoms with Gasteiger partial charge in [-0.15, -0.1) is 0 Å². The Morgan fingerprint density at radius 3 is 2.87 bits per heavy atom. The molecule has 4 nitrogen and oxygen atoms in total. The molecule has 1 fully saturated rings. The molecule has 84 valence electrons. The van der Waals surface area contributed by atoms with E-state index in [1.54, 1.807) is 18.0 Å². The van der Waals surface area contributed by atoms with E-state index in [0.29, 0.717) is 25.1 Å². The molecule has 0 aromatic heterocycles. The Labute approximate surface area is 89.9 Å². The number of rotatable bonds is 4. The van der Waals surface area contributed by atoms with E-state index in [0.717, 1.165) is 12.8 Å². The lowest BCUT2D eigenvalue weighted by Crippen LogP contribution is -2.20. The van der Waals surface area contributed by atoms with Crippen LogP contribution < -0.4 is 0 Å². The van der Waals surface area contributed by atoms with Crippen molar-refractivity contribution in [3.63, 3.8) is 0 Å². The van der Waals surface area contributed by atoms with Crippen molar-refractivity contribution in [3.8, 4) is 0 Å². The molecule has 0 spiro atoms. The summed E-state index contributed by atoms with van der Waals surface area (Å²) >= 11 is 0. The van der Waals surface area contributed by atoms with Crippen LogP contribution in [0.2, 0.25) is 0 Å². The third kappa shape index (κ3) is 3.38. The molecule has 0 N–H and O–H groups in total. The lowest BCUT2D eigenvalue weighted by atomic mass is 10.3. The van der Waals surface area contributed by atoms with Gasteiger partial charge in [0.05, 0.1) is 12.2 Å². The Hall–Kier alpha value is -1.32. The number of carbonyl (C=O) groups excluding carboxylic acids is 2. The number of nitrogens with zero attached hydrogens (tertiary/aromatic N) is 1. The molecule has 0 aromatic rings. The summed E-state index contributed by atoms with van der Waals surface area (Å²) < 4.78 is 4.95. The van der Waals surface area contributed by atoms with Gasteiger partial charge in [-0.1, -0.05) is 6.92 Å². The second-order valence-corrected chi connectivity index (χ2v) is 3.64. The fourth-order valence-electron chi connectivity index (χ4n) is 1.40. The molecule has 0 aliphatic carbocycles. The molecule has 0 unspecified atom stereocenters. The van der Waals surface area contributed by atoms with E-state index in [9.17, 15) is 9.59 Å². The van der Waals surface area contributed by atoms with Gasteiger partial charge in [-0.05, 0) is 19.8 Å². The van der Waals surface area contributed by atoms with Crippen molar-refractivity contribution in [2.75, 3.05) is 13.2 Å². The van der Waals surface area contributed by atoms with Crippen molar-refractivity contribution in [2.24, 2.45) is 0 Å². The van der Waals surface area contributed by atoms with E-state index in [2.05, 4.69) is 0 Å². The van der Waals surface area contributed by atoms with Crippen molar-refractivity contribution >= 4 is 11.9 Å². The van der Waals surface area contributed by atoms with E-state index in [1.807, 2.05) is 6.92 Å². The number of hydrogen-bond acceptors (Lipinski definition) is 3. The predicted molar refractivity (Wildman–Crippen MR) is 56.0 cm³/mol. The zero-order valence-electron chi connectivity index (χ0n) is 9.28. The summed E-state index contributed by atoms with van der Waals surface area (Å²) in [5.41, 5.74) is 0.485. The van der Waals surface area contributed by atoms with Crippen LogP contribution in [-0.4, -0.2) is 29.9 Å². The molecular weight excluding hydrogens is 194 g/mol. The Bertz CT molecular complexity index is 284. The standard InChI is InChI=1S/C11H17NO3/c1-3-7-15-11(14)9(2)8-12-6-4-5-10(12)13/h8H,3-7H2,1-2H3. The van der Waals surface area contributed by atoms with Gasteiger partial charge < -0.3 is 9.64 Å². The summed E-state index contributed by atoms with van der Waals surface area (Å²) in [5, 5.41) is 0. The van der Waals surface area contributed by atoms with E-state index in [-0.39, 0.29) is 11.9 Å². The number of ether oxygens (including phenoxy) is 1. The zero-order chi connectivity index (χ0) is 11.3. The first-order valence-electron chi connectivity index (χ1n) is 5.30. The Balaban J connectivity index is 2.50. The van der Waals surface area contributed by atoms with E-state index in [4.69, 9.17) is 4.74 Å². The summed E-state index contributed by atoms with van der Waals surface area (Å²) in [6, 6.07) is 0. The van der Waals surface area contributed by atoms with Gasteiger partial charge >= 0.3 is 5.97 Å². The van der Waals surface area contributed by atoms with E-state index < -0.39 is 0 Å². The molecule has 1 amide bonds. The number of hydrogen-bond donors (Lipinski definition) is 0. The van der Waals surface area contributed by atoms with Crippen LogP contribution in [0.3, 0.4) is 0 Å². The quantitative estimate of drug-likeness (QED) is 0.522. The van der Waals surface area contributed by atoms with Crippen molar-refractivity contribution in [1.82, 2.24) is 4.90 Å². The minimum absolute atomic E-state index is 0.0811. The average Bonchev–Trinajstić information content (AvgIpc) is 2.61. The molecule has 4 heteroatoms. The molecule has 0 aromatic carbocycles. The summed E-state index contributed by atoms with van der Waals surface area (Å²) in [6.07, 6.45) is 3.84. The molecular formula is C11H17NO3. The second-order valence-electron chi connectivity index (χ2n) is 3.64. The summed E-state index contributed by atoms with van der Waals surface area (Å²) in [6.45, 7) is 4.75. The van der Waals surface area contributed by atoms with Crippen molar-refractivity contribution < 1.29 is 14.3 Å². The highest BCUT2D eigenvalue weighted by Crippen LogP contribution is 2.12. The molecule has 1 aliphatic rings. The van der Waals surface area contributed by atoms with Gasteiger partial charge in [0.15, 0.2) is 0 Å². The van der Waals surface area contributed by atoms with E-state index in [1.165, 1.54) is 0 Å². The fourth-order valence-corrected chi connectivity index (χ4v) is 1.40. The Morgan fingerprint density at radius 2 is 2.33 bits per heavy atom. The normalized spacial score (nSPS) is 17.1. The van der Waals surface area contributed by atoms with Gasteiger partial charge in [0.25, 0.3) is 0 Å². The van der Waals surface area contributed by atoms with Gasteiger partial charge in [-0.25, -0.2) is 4.79 Å². The number of likely N-dealkylation sites (tertiary alicyclic amines) is 1. The monoisotopic (exact) mass is 211 g/mol.